The van der Waals surface area contributed by atoms with E-state index in [1.165, 1.54) is 0 Å². The quantitative estimate of drug-likeness (QED) is 0.369. The van der Waals surface area contributed by atoms with E-state index in [0.717, 1.165) is 22.8 Å². The molecule has 0 fully saturated rings. The third kappa shape index (κ3) is 4.00. The summed E-state index contributed by atoms with van der Waals surface area (Å²) in [5.41, 5.74) is 1.70. The van der Waals surface area contributed by atoms with Crippen molar-refractivity contribution >= 4 is 0 Å². The summed E-state index contributed by atoms with van der Waals surface area (Å²) in [5.74, 6) is 4.02. The van der Waals surface area contributed by atoms with Gasteiger partial charge >= 0.3 is 0 Å². The van der Waals surface area contributed by atoms with E-state index in [1.54, 1.807) is 21.5 Å². The predicted octanol–water partition coefficient (Wildman–Crippen LogP) is 4.05. The molecule has 0 bridgehead atoms. The highest BCUT2D eigenvalue weighted by molar-refractivity contribution is 5.61. The summed E-state index contributed by atoms with van der Waals surface area (Å²) in [6.45, 7) is 3.78. The number of nitrogens with zero attached hydrogens (tertiary/aromatic N) is 10. The summed E-state index contributed by atoms with van der Waals surface area (Å²) in [7, 11) is 0. The second-order valence-electron chi connectivity index (χ2n) is 7.99. The molecule has 0 spiro atoms. The summed E-state index contributed by atoms with van der Waals surface area (Å²) in [6.07, 6.45) is 7.04. The number of hydrogen-bond acceptors (Lipinski definition) is 8. The van der Waals surface area contributed by atoms with Crippen molar-refractivity contribution in [3.8, 4) is 46.3 Å². The molecule has 0 unspecified atom stereocenters. The van der Waals surface area contributed by atoms with Gasteiger partial charge in [-0.05, 0) is 13.8 Å². The highest BCUT2D eigenvalue weighted by Gasteiger charge is 2.18. The normalized spacial score (nSPS) is 11.1. The fourth-order valence-corrected chi connectivity index (χ4v) is 3.76. The number of benzene rings is 2. The maximum absolute atomic E-state index is 4.76. The Balaban J connectivity index is 1.60. The Morgan fingerprint density at radius 3 is 1.22 bits per heavy atom. The van der Waals surface area contributed by atoms with Crippen molar-refractivity contribution in [2.75, 3.05) is 0 Å². The molecule has 0 saturated heterocycles. The monoisotopic (exact) mass is 472 g/mol. The second kappa shape index (κ2) is 8.91. The minimum atomic E-state index is 0.325. The van der Waals surface area contributed by atoms with E-state index < -0.39 is 0 Å². The molecule has 2 aromatic carbocycles. The summed E-state index contributed by atoms with van der Waals surface area (Å²) in [4.78, 5) is 37.1. The number of imidazole rings is 2. The average Bonchev–Trinajstić information content (AvgIpc) is 3.57. The van der Waals surface area contributed by atoms with E-state index in [9.17, 15) is 0 Å². The number of aromatic nitrogens is 10. The Labute approximate surface area is 206 Å². The molecule has 0 aliphatic carbocycles. The molecule has 6 aromatic rings. The Bertz CT molecular complexity index is 1530. The van der Waals surface area contributed by atoms with Gasteiger partial charge in [-0.15, -0.1) is 0 Å². The van der Waals surface area contributed by atoms with Crippen molar-refractivity contribution in [2.24, 2.45) is 0 Å². The van der Waals surface area contributed by atoms with Crippen molar-refractivity contribution in [3.05, 3.63) is 97.1 Å². The molecular weight excluding hydrogens is 452 g/mol. The van der Waals surface area contributed by atoms with Gasteiger partial charge in [0.25, 0.3) is 0 Å². The van der Waals surface area contributed by atoms with Gasteiger partial charge < -0.3 is 0 Å². The molecule has 174 valence electrons. The van der Waals surface area contributed by atoms with Gasteiger partial charge in [0.05, 0.1) is 0 Å². The lowest BCUT2D eigenvalue weighted by molar-refractivity contribution is 0.845. The highest BCUT2D eigenvalue weighted by Crippen LogP contribution is 2.23. The summed E-state index contributed by atoms with van der Waals surface area (Å²) >= 11 is 0. The first-order chi connectivity index (χ1) is 17.7. The largest absolute Gasteiger partial charge is 0.272 e. The van der Waals surface area contributed by atoms with Crippen LogP contribution >= 0.6 is 0 Å². The summed E-state index contributed by atoms with van der Waals surface area (Å²) in [5, 5.41) is 0. The lowest BCUT2D eigenvalue weighted by Crippen LogP contribution is -2.11. The van der Waals surface area contributed by atoms with Gasteiger partial charge in [-0.2, -0.15) is 19.9 Å². The molecule has 10 heteroatoms. The van der Waals surface area contributed by atoms with Gasteiger partial charge in [-0.25, -0.2) is 19.9 Å². The number of rotatable bonds is 5. The van der Waals surface area contributed by atoms with Crippen LogP contribution in [0.3, 0.4) is 0 Å². The van der Waals surface area contributed by atoms with Crippen LogP contribution in [0.25, 0.3) is 46.3 Å². The Hall–Kier alpha value is -5.12. The molecule has 0 aliphatic rings. The van der Waals surface area contributed by atoms with Crippen LogP contribution in [0.15, 0.2) is 85.5 Å². The fraction of sp³-hybridized carbons (Fsp3) is 0.0769. The minimum Gasteiger partial charge on any atom is -0.272 e. The topological polar surface area (TPSA) is 113 Å². The van der Waals surface area contributed by atoms with Crippen LogP contribution in [0.2, 0.25) is 0 Å². The molecule has 0 N–H and O–H groups in total. The van der Waals surface area contributed by atoms with Crippen LogP contribution in [-0.2, 0) is 0 Å². The van der Waals surface area contributed by atoms with Gasteiger partial charge in [0, 0.05) is 35.9 Å². The molecule has 0 radical (unpaired) electrons. The third-order valence-corrected chi connectivity index (χ3v) is 5.59. The number of aryl methyl sites for hydroxylation is 2. The first kappa shape index (κ1) is 21.4. The molecule has 0 atom stereocenters. The molecule has 36 heavy (non-hydrogen) atoms. The maximum atomic E-state index is 4.76. The zero-order valence-corrected chi connectivity index (χ0v) is 19.6. The molecule has 10 nitrogen and oxygen atoms in total. The van der Waals surface area contributed by atoms with Crippen molar-refractivity contribution in [1.29, 1.82) is 0 Å². The molecule has 0 aliphatic heterocycles. The van der Waals surface area contributed by atoms with Crippen LogP contribution in [0.1, 0.15) is 11.6 Å². The lowest BCUT2D eigenvalue weighted by Gasteiger charge is -2.11. The second-order valence-corrected chi connectivity index (χ2v) is 7.99. The van der Waals surface area contributed by atoms with Crippen molar-refractivity contribution in [1.82, 2.24) is 49.0 Å². The Kier molecular flexibility index (Phi) is 5.30. The van der Waals surface area contributed by atoms with Crippen LogP contribution in [0.4, 0.5) is 0 Å². The summed E-state index contributed by atoms with van der Waals surface area (Å²) in [6, 6.07) is 19.5. The standard InChI is InChI=1S/C26H20N10/c1-17-27-13-15-35(17)25-31-21(19-9-5-3-6-10-19)29-23(33-25)24-30-22(20-11-7-4-8-12-20)32-26(34-24)36-16-14-28-18(36)2/h3-16H,1-2H3. The van der Waals surface area contributed by atoms with Gasteiger partial charge in [0.15, 0.2) is 11.6 Å². The lowest BCUT2D eigenvalue weighted by atomic mass is 10.2. The van der Waals surface area contributed by atoms with E-state index in [-0.39, 0.29) is 0 Å². The zero-order chi connectivity index (χ0) is 24.5. The highest BCUT2D eigenvalue weighted by atomic mass is 15.3. The van der Waals surface area contributed by atoms with E-state index in [4.69, 9.17) is 29.9 Å². The van der Waals surface area contributed by atoms with Gasteiger partial charge in [-0.1, -0.05) is 60.7 Å². The van der Waals surface area contributed by atoms with Crippen LogP contribution in [0.5, 0.6) is 0 Å². The van der Waals surface area contributed by atoms with Crippen LogP contribution in [-0.4, -0.2) is 49.0 Å². The van der Waals surface area contributed by atoms with Crippen molar-refractivity contribution in [2.45, 2.75) is 13.8 Å². The maximum Gasteiger partial charge on any atom is 0.239 e. The van der Waals surface area contributed by atoms with Crippen molar-refractivity contribution < 1.29 is 0 Å². The minimum absolute atomic E-state index is 0.325. The third-order valence-electron chi connectivity index (χ3n) is 5.59. The fourth-order valence-electron chi connectivity index (χ4n) is 3.76. The van der Waals surface area contributed by atoms with E-state index in [1.807, 2.05) is 86.9 Å². The average molecular weight is 473 g/mol. The molecule has 4 aromatic heterocycles. The number of hydrogen-bond donors (Lipinski definition) is 0. The van der Waals surface area contributed by atoms with Crippen molar-refractivity contribution in [3.63, 3.8) is 0 Å². The van der Waals surface area contributed by atoms with E-state index >= 15 is 0 Å². The molecular formula is C26H20N10. The molecule has 4 heterocycles. The molecule has 0 amide bonds. The molecule has 0 saturated carbocycles. The van der Waals surface area contributed by atoms with Crippen LogP contribution in [0, 0.1) is 13.8 Å². The zero-order valence-electron chi connectivity index (χ0n) is 19.6. The van der Waals surface area contributed by atoms with Gasteiger partial charge in [0.1, 0.15) is 11.6 Å². The Morgan fingerprint density at radius 2 is 0.861 bits per heavy atom. The van der Waals surface area contributed by atoms with Gasteiger partial charge in [-0.3, -0.25) is 9.13 Å². The summed E-state index contributed by atoms with van der Waals surface area (Å²) < 4.78 is 3.61. The van der Waals surface area contributed by atoms with E-state index in [2.05, 4.69) is 9.97 Å². The SMILES string of the molecule is Cc1nccn1-c1nc(-c2ccccc2)nc(-c2nc(-c3ccccc3)nc(-n3ccnc3C)n2)n1. The van der Waals surface area contributed by atoms with Gasteiger partial charge in [0.2, 0.25) is 23.5 Å². The molecule has 6 rings (SSSR count). The smallest absolute Gasteiger partial charge is 0.239 e. The van der Waals surface area contributed by atoms with E-state index in [0.29, 0.717) is 35.2 Å². The predicted molar refractivity (Wildman–Crippen MR) is 133 cm³/mol. The first-order valence-electron chi connectivity index (χ1n) is 11.3. The van der Waals surface area contributed by atoms with Crippen LogP contribution < -0.4 is 0 Å². The first-order valence-corrected chi connectivity index (χ1v) is 11.3. The Morgan fingerprint density at radius 1 is 0.472 bits per heavy atom.